The molecule has 0 amide bonds. The number of carbonyl (C=O) groups excluding carboxylic acids is 2. The van der Waals surface area contributed by atoms with E-state index in [2.05, 4.69) is 0 Å². The van der Waals surface area contributed by atoms with Crippen molar-refractivity contribution in [3.63, 3.8) is 0 Å². The molecule has 1 aromatic rings. The second-order valence-electron chi connectivity index (χ2n) is 4.32. The average molecular weight is 356 g/mol. The monoisotopic (exact) mass is 356 g/mol. The zero-order valence-corrected chi connectivity index (χ0v) is 14.8. The van der Waals surface area contributed by atoms with E-state index < -0.39 is 25.3 Å². The molecule has 0 saturated heterocycles. The minimum atomic E-state index is -3.86. The molecule has 0 aromatic heterocycles. The Hall–Kier alpha value is -2.11. The predicted octanol–water partition coefficient (Wildman–Crippen LogP) is 2.57. The van der Waals surface area contributed by atoms with Crippen LogP contribution < -0.4 is 5.30 Å². The summed E-state index contributed by atoms with van der Waals surface area (Å²) in [5.74, 6) is -2.27. The van der Waals surface area contributed by atoms with Crippen LogP contribution in [0.25, 0.3) is 0 Å². The summed E-state index contributed by atoms with van der Waals surface area (Å²) in [6.45, 7) is 5.12. The number of benzene rings is 1. The standard InChI is InChI=1S/C16H21O7P/c1-4-20-15(17)12-14(16(18)21-5-2)23-24(19,22-6-3)13-10-8-7-9-11-13/h7-12H,4-6H2,1-3H3/b14-12+. The second-order valence-corrected chi connectivity index (χ2v) is 6.28. The topological polar surface area (TPSA) is 88.1 Å². The first-order valence-corrected chi connectivity index (χ1v) is 9.06. The summed E-state index contributed by atoms with van der Waals surface area (Å²) in [7, 11) is -3.86. The molecule has 7 nitrogen and oxygen atoms in total. The Kier molecular flexibility index (Phi) is 8.22. The van der Waals surface area contributed by atoms with Crippen molar-refractivity contribution >= 4 is 24.8 Å². The Balaban J connectivity index is 3.19. The lowest BCUT2D eigenvalue weighted by molar-refractivity contribution is -0.143. The number of hydrogen-bond donors (Lipinski definition) is 0. The number of esters is 2. The van der Waals surface area contributed by atoms with Crippen LogP contribution in [-0.4, -0.2) is 31.8 Å². The van der Waals surface area contributed by atoms with Gasteiger partial charge in [-0.15, -0.1) is 0 Å². The third-order valence-corrected chi connectivity index (χ3v) is 4.57. The second kappa shape index (κ2) is 9.90. The highest BCUT2D eigenvalue weighted by molar-refractivity contribution is 7.62. The highest BCUT2D eigenvalue weighted by Gasteiger charge is 2.32. The molecule has 8 heteroatoms. The molecule has 0 aliphatic rings. The lowest BCUT2D eigenvalue weighted by atomic mass is 10.4. The van der Waals surface area contributed by atoms with Crippen LogP contribution >= 0.6 is 7.60 Å². The largest absolute Gasteiger partial charge is 0.463 e. The number of ether oxygens (including phenoxy) is 2. The summed E-state index contributed by atoms with van der Waals surface area (Å²) in [6.07, 6.45) is 0.802. The molecule has 132 valence electrons. The maximum Gasteiger partial charge on any atom is 0.410 e. The summed E-state index contributed by atoms with van der Waals surface area (Å²) >= 11 is 0. The zero-order chi connectivity index (χ0) is 18.0. The van der Waals surface area contributed by atoms with Crippen LogP contribution in [-0.2, 0) is 32.7 Å². The molecule has 0 heterocycles. The first-order valence-electron chi connectivity index (χ1n) is 7.52. The van der Waals surface area contributed by atoms with E-state index in [1.54, 1.807) is 51.1 Å². The van der Waals surface area contributed by atoms with Crippen LogP contribution in [0, 0.1) is 0 Å². The third-order valence-electron chi connectivity index (χ3n) is 2.60. The Morgan fingerprint density at radius 1 is 1.00 bits per heavy atom. The molecule has 0 fully saturated rings. The molecular formula is C16H21O7P. The van der Waals surface area contributed by atoms with Gasteiger partial charge in [0.15, 0.2) is 0 Å². The minimum absolute atomic E-state index is 0.0621. The average Bonchev–Trinajstić information content (AvgIpc) is 2.56. The van der Waals surface area contributed by atoms with Gasteiger partial charge in [-0.05, 0) is 32.9 Å². The van der Waals surface area contributed by atoms with Crippen LogP contribution in [0.2, 0.25) is 0 Å². The highest BCUT2D eigenvalue weighted by atomic mass is 31.2. The van der Waals surface area contributed by atoms with E-state index >= 15 is 0 Å². The molecular weight excluding hydrogens is 335 g/mol. The van der Waals surface area contributed by atoms with Crippen molar-refractivity contribution in [1.29, 1.82) is 0 Å². The van der Waals surface area contributed by atoms with Crippen molar-refractivity contribution < 1.29 is 32.7 Å². The fourth-order valence-electron chi connectivity index (χ4n) is 1.68. The van der Waals surface area contributed by atoms with E-state index in [0.717, 1.165) is 6.08 Å². The summed E-state index contributed by atoms with van der Waals surface area (Å²) in [6, 6.07) is 8.14. The molecule has 0 saturated carbocycles. The van der Waals surface area contributed by atoms with E-state index in [-0.39, 0.29) is 25.1 Å². The summed E-state index contributed by atoms with van der Waals surface area (Å²) in [5.41, 5.74) is 0. The van der Waals surface area contributed by atoms with Crippen LogP contribution in [0.4, 0.5) is 0 Å². The lowest BCUT2D eigenvalue weighted by Gasteiger charge is -2.19. The van der Waals surface area contributed by atoms with E-state index in [1.807, 2.05) is 0 Å². The van der Waals surface area contributed by atoms with Gasteiger partial charge in [0.25, 0.3) is 0 Å². The van der Waals surface area contributed by atoms with Crippen molar-refractivity contribution in [2.24, 2.45) is 0 Å². The van der Waals surface area contributed by atoms with E-state index in [9.17, 15) is 14.2 Å². The molecule has 24 heavy (non-hydrogen) atoms. The molecule has 1 unspecified atom stereocenters. The smallest absolute Gasteiger partial charge is 0.410 e. The minimum Gasteiger partial charge on any atom is -0.463 e. The van der Waals surface area contributed by atoms with Gasteiger partial charge in [0.1, 0.15) is 0 Å². The summed E-state index contributed by atoms with van der Waals surface area (Å²) < 4.78 is 33.2. The quantitative estimate of drug-likeness (QED) is 0.291. The maximum atomic E-state index is 13.0. The SMILES string of the molecule is CCOC(=O)/C=C(/OP(=O)(OCC)c1ccccc1)C(=O)OCC. The Labute approximate surface area is 141 Å². The summed E-state index contributed by atoms with van der Waals surface area (Å²) in [5, 5.41) is 0.255. The first kappa shape index (κ1) is 19.9. The predicted molar refractivity (Wildman–Crippen MR) is 87.7 cm³/mol. The van der Waals surface area contributed by atoms with Gasteiger partial charge in [0.2, 0.25) is 5.76 Å². The van der Waals surface area contributed by atoms with Gasteiger partial charge in [0.05, 0.1) is 31.2 Å². The van der Waals surface area contributed by atoms with Gasteiger partial charge in [-0.25, -0.2) is 14.2 Å². The Morgan fingerprint density at radius 3 is 2.17 bits per heavy atom. The molecule has 0 spiro atoms. The molecule has 0 N–H and O–H groups in total. The fraction of sp³-hybridized carbons (Fsp3) is 0.375. The highest BCUT2D eigenvalue weighted by Crippen LogP contribution is 2.49. The fourth-order valence-corrected chi connectivity index (χ4v) is 3.25. The van der Waals surface area contributed by atoms with Gasteiger partial charge in [-0.2, -0.15) is 0 Å². The zero-order valence-electron chi connectivity index (χ0n) is 13.9. The van der Waals surface area contributed by atoms with Gasteiger partial charge in [0, 0.05) is 0 Å². The van der Waals surface area contributed by atoms with Gasteiger partial charge in [-0.3, -0.25) is 4.52 Å². The van der Waals surface area contributed by atoms with E-state index in [4.69, 9.17) is 18.5 Å². The van der Waals surface area contributed by atoms with Gasteiger partial charge in [-0.1, -0.05) is 18.2 Å². The molecule has 1 atom stereocenters. The Morgan fingerprint density at radius 2 is 1.62 bits per heavy atom. The molecule has 0 aliphatic carbocycles. The van der Waals surface area contributed by atoms with Gasteiger partial charge >= 0.3 is 19.5 Å². The molecule has 1 rings (SSSR count). The number of hydrogen-bond acceptors (Lipinski definition) is 7. The normalized spacial score (nSPS) is 13.7. The maximum absolute atomic E-state index is 13.0. The van der Waals surface area contributed by atoms with Crippen LogP contribution in [0.3, 0.4) is 0 Å². The summed E-state index contributed by atoms with van der Waals surface area (Å²) in [4.78, 5) is 23.6. The van der Waals surface area contributed by atoms with E-state index in [1.165, 1.54) is 0 Å². The van der Waals surface area contributed by atoms with Crippen molar-refractivity contribution in [2.75, 3.05) is 19.8 Å². The first-order chi connectivity index (χ1) is 11.5. The van der Waals surface area contributed by atoms with Crippen molar-refractivity contribution in [1.82, 2.24) is 0 Å². The van der Waals surface area contributed by atoms with E-state index in [0.29, 0.717) is 0 Å². The van der Waals surface area contributed by atoms with Crippen molar-refractivity contribution in [3.05, 3.63) is 42.2 Å². The Bertz CT molecular complexity index is 625. The van der Waals surface area contributed by atoms with Gasteiger partial charge < -0.3 is 14.0 Å². The number of carbonyl (C=O) groups is 2. The van der Waals surface area contributed by atoms with Crippen molar-refractivity contribution in [2.45, 2.75) is 20.8 Å². The third kappa shape index (κ3) is 5.83. The van der Waals surface area contributed by atoms with Crippen LogP contribution in [0.5, 0.6) is 0 Å². The lowest BCUT2D eigenvalue weighted by Crippen LogP contribution is -2.17. The molecule has 0 bridgehead atoms. The van der Waals surface area contributed by atoms with Crippen molar-refractivity contribution in [3.8, 4) is 0 Å². The molecule has 1 aromatic carbocycles. The van der Waals surface area contributed by atoms with Crippen LogP contribution in [0.15, 0.2) is 42.2 Å². The number of rotatable bonds is 9. The van der Waals surface area contributed by atoms with Crippen LogP contribution in [0.1, 0.15) is 20.8 Å². The molecule has 0 radical (unpaired) electrons. The molecule has 0 aliphatic heterocycles.